The Morgan fingerprint density at radius 3 is 2.38 bits per heavy atom. The SMILES string of the molecule is O=C(N[C@H](NC(=S)Nc1cccc([N+](=O)[O-])c1)C(Cl)(Cl)Cl)c1ccc(Cl)cc1Cl. The lowest BCUT2D eigenvalue weighted by molar-refractivity contribution is -0.384. The van der Waals surface area contributed by atoms with E-state index in [1.54, 1.807) is 6.07 Å². The summed E-state index contributed by atoms with van der Waals surface area (Å²) >= 11 is 34.8. The first-order valence-electron chi connectivity index (χ1n) is 7.62. The van der Waals surface area contributed by atoms with E-state index < -0.39 is 20.8 Å². The molecule has 2 rings (SSSR count). The lowest BCUT2D eigenvalue weighted by Gasteiger charge is -2.28. The highest BCUT2D eigenvalue weighted by molar-refractivity contribution is 7.80. The van der Waals surface area contributed by atoms with Crippen LogP contribution in [-0.2, 0) is 0 Å². The largest absolute Gasteiger partial charge is 0.339 e. The summed E-state index contributed by atoms with van der Waals surface area (Å²) in [6, 6.07) is 9.90. The van der Waals surface area contributed by atoms with E-state index in [9.17, 15) is 14.9 Å². The van der Waals surface area contributed by atoms with Crippen molar-refractivity contribution >= 4 is 92.6 Å². The van der Waals surface area contributed by atoms with Gasteiger partial charge in [-0.15, -0.1) is 0 Å². The van der Waals surface area contributed by atoms with Gasteiger partial charge in [-0.25, -0.2) is 0 Å². The zero-order valence-corrected chi connectivity index (χ0v) is 18.7. The summed E-state index contributed by atoms with van der Waals surface area (Å²) in [5, 5.41) is 19.1. The van der Waals surface area contributed by atoms with Gasteiger partial charge in [-0.1, -0.05) is 64.1 Å². The van der Waals surface area contributed by atoms with Crippen LogP contribution in [0.5, 0.6) is 0 Å². The van der Waals surface area contributed by atoms with Gasteiger partial charge in [0, 0.05) is 22.8 Å². The summed E-state index contributed by atoms with van der Waals surface area (Å²) < 4.78 is -2.00. The van der Waals surface area contributed by atoms with Gasteiger partial charge >= 0.3 is 0 Å². The van der Waals surface area contributed by atoms with Crippen molar-refractivity contribution in [1.82, 2.24) is 10.6 Å². The maximum absolute atomic E-state index is 12.5. The number of nitrogens with one attached hydrogen (secondary N) is 3. The van der Waals surface area contributed by atoms with Gasteiger partial charge in [-0.05, 0) is 36.5 Å². The second-order valence-electron chi connectivity index (χ2n) is 5.48. The smallest absolute Gasteiger partial charge is 0.271 e. The van der Waals surface area contributed by atoms with Gasteiger partial charge in [0.15, 0.2) is 5.11 Å². The van der Waals surface area contributed by atoms with E-state index in [0.29, 0.717) is 10.7 Å². The molecule has 0 saturated carbocycles. The first-order chi connectivity index (χ1) is 13.5. The third kappa shape index (κ3) is 7.02. The average molecular weight is 517 g/mol. The average Bonchev–Trinajstić information content (AvgIpc) is 2.60. The predicted octanol–water partition coefficient (Wildman–Crippen LogP) is 5.31. The fraction of sp³-hybridized carbons (Fsp3) is 0.125. The van der Waals surface area contributed by atoms with Gasteiger partial charge in [0.05, 0.1) is 15.5 Å². The molecule has 0 unspecified atom stereocenters. The molecule has 1 atom stereocenters. The molecule has 154 valence electrons. The van der Waals surface area contributed by atoms with Gasteiger partial charge in [-0.3, -0.25) is 14.9 Å². The Labute approximate surface area is 195 Å². The minimum atomic E-state index is -2.00. The second-order valence-corrected chi connectivity index (χ2v) is 9.10. The van der Waals surface area contributed by atoms with Gasteiger partial charge in [0.2, 0.25) is 3.79 Å². The summed E-state index contributed by atoms with van der Waals surface area (Å²) in [5.41, 5.74) is 0.294. The van der Waals surface area contributed by atoms with Crippen molar-refractivity contribution in [3.05, 3.63) is 68.2 Å². The first-order valence-corrected chi connectivity index (χ1v) is 9.92. The third-order valence-electron chi connectivity index (χ3n) is 3.37. The molecule has 0 fully saturated rings. The van der Waals surface area contributed by atoms with Crippen LogP contribution in [0, 0.1) is 10.1 Å². The number of amides is 1. The third-order valence-corrected chi connectivity index (χ3v) is 4.79. The number of carbonyl (C=O) groups is 1. The van der Waals surface area contributed by atoms with E-state index in [4.69, 9.17) is 70.2 Å². The van der Waals surface area contributed by atoms with Crippen molar-refractivity contribution in [3.8, 4) is 0 Å². The zero-order valence-electron chi connectivity index (χ0n) is 14.1. The van der Waals surface area contributed by atoms with E-state index in [-0.39, 0.29) is 21.4 Å². The Kier molecular flexibility index (Phi) is 8.16. The monoisotopic (exact) mass is 514 g/mol. The fourth-order valence-corrected chi connectivity index (χ4v) is 3.14. The Balaban J connectivity index is 2.12. The number of hydrogen-bond donors (Lipinski definition) is 3. The zero-order chi connectivity index (χ0) is 21.8. The predicted molar refractivity (Wildman–Crippen MR) is 120 cm³/mol. The molecular weight excluding hydrogens is 506 g/mol. The number of alkyl halides is 3. The molecule has 3 N–H and O–H groups in total. The lowest BCUT2D eigenvalue weighted by atomic mass is 10.2. The molecule has 2 aromatic rings. The van der Waals surface area contributed by atoms with Crippen molar-refractivity contribution in [2.45, 2.75) is 9.96 Å². The molecule has 0 aromatic heterocycles. The highest BCUT2D eigenvalue weighted by Crippen LogP contribution is 2.30. The van der Waals surface area contributed by atoms with Crippen molar-refractivity contribution in [2.75, 3.05) is 5.32 Å². The summed E-state index contributed by atoms with van der Waals surface area (Å²) in [5.74, 6) is -0.645. The molecule has 0 aliphatic rings. The molecule has 0 bridgehead atoms. The minimum absolute atomic E-state index is 0.0515. The van der Waals surface area contributed by atoms with Crippen LogP contribution >= 0.6 is 70.2 Å². The van der Waals surface area contributed by atoms with Crippen molar-refractivity contribution in [1.29, 1.82) is 0 Å². The number of hydrogen-bond acceptors (Lipinski definition) is 4. The van der Waals surface area contributed by atoms with E-state index in [2.05, 4.69) is 16.0 Å². The summed E-state index contributed by atoms with van der Waals surface area (Å²) in [6.07, 6.45) is -1.26. The highest BCUT2D eigenvalue weighted by atomic mass is 35.6. The molecule has 0 spiro atoms. The van der Waals surface area contributed by atoms with Crippen molar-refractivity contribution in [3.63, 3.8) is 0 Å². The molecule has 0 aliphatic heterocycles. The number of thiocarbonyl (C=S) groups is 1. The standard InChI is InChI=1S/C16H11Cl5N4O3S/c17-8-4-5-11(12(18)6-8)13(26)23-14(16(19,20)21)24-15(29)22-9-2-1-3-10(7-9)25(27)28/h1-7,14H,(H,23,26)(H2,22,24,29)/t14-/m1/s1. The second kappa shape index (κ2) is 9.97. The van der Waals surface area contributed by atoms with Crippen LogP contribution in [0.15, 0.2) is 42.5 Å². The molecule has 0 aliphatic carbocycles. The van der Waals surface area contributed by atoms with E-state index >= 15 is 0 Å². The number of nitro groups is 1. The van der Waals surface area contributed by atoms with Crippen LogP contribution in [0.3, 0.4) is 0 Å². The van der Waals surface area contributed by atoms with Crippen LogP contribution in [0.2, 0.25) is 10.0 Å². The highest BCUT2D eigenvalue weighted by Gasteiger charge is 2.35. The summed E-state index contributed by atoms with van der Waals surface area (Å²) in [4.78, 5) is 22.8. The number of nitrogens with zero attached hydrogens (tertiary/aromatic N) is 1. The van der Waals surface area contributed by atoms with Crippen LogP contribution in [0.25, 0.3) is 0 Å². The van der Waals surface area contributed by atoms with Crippen molar-refractivity contribution in [2.24, 2.45) is 0 Å². The normalized spacial score (nSPS) is 12.0. The summed E-state index contributed by atoms with van der Waals surface area (Å²) in [6.45, 7) is 0. The van der Waals surface area contributed by atoms with Crippen LogP contribution in [0.1, 0.15) is 10.4 Å². The Morgan fingerprint density at radius 1 is 1.10 bits per heavy atom. The maximum atomic E-state index is 12.5. The van der Waals surface area contributed by atoms with Gasteiger partial charge in [-0.2, -0.15) is 0 Å². The van der Waals surface area contributed by atoms with Crippen LogP contribution < -0.4 is 16.0 Å². The quantitative estimate of drug-likeness (QED) is 0.164. The number of benzene rings is 2. The number of rotatable bonds is 5. The number of nitro benzene ring substituents is 1. The molecule has 0 radical (unpaired) electrons. The van der Waals surface area contributed by atoms with Crippen LogP contribution in [-0.4, -0.2) is 25.9 Å². The van der Waals surface area contributed by atoms with Gasteiger partial charge in [0.25, 0.3) is 11.6 Å². The number of halogens is 5. The molecule has 13 heteroatoms. The Bertz CT molecular complexity index is 954. The van der Waals surface area contributed by atoms with Gasteiger partial charge in [0.1, 0.15) is 6.17 Å². The van der Waals surface area contributed by atoms with E-state index in [1.165, 1.54) is 36.4 Å². The molecule has 0 heterocycles. The molecule has 7 nitrogen and oxygen atoms in total. The number of carbonyl (C=O) groups excluding carboxylic acids is 1. The maximum Gasteiger partial charge on any atom is 0.271 e. The fourth-order valence-electron chi connectivity index (χ4n) is 2.08. The van der Waals surface area contributed by atoms with Gasteiger partial charge < -0.3 is 16.0 Å². The molecule has 0 saturated heterocycles. The Morgan fingerprint density at radius 2 is 1.79 bits per heavy atom. The summed E-state index contributed by atoms with van der Waals surface area (Å²) in [7, 11) is 0. The number of anilines is 1. The Hall–Kier alpha value is -1.55. The molecule has 2 aromatic carbocycles. The lowest BCUT2D eigenvalue weighted by Crippen LogP contribution is -2.56. The topological polar surface area (TPSA) is 96.3 Å². The molecular formula is C16H11Cl5N4O3S. The van der Waals surface area contributed by atoms with E-state index in [0.717, 1.165) is 0 Å². The van der Waals surface area contributed by atoms with E-state index in [1.807, 2.05) is 0 Å². The van der Waals surface area contributed by atoms with Crippen LogP contribution in [0.4, 0.5) is 11.4 Å². The molecule has 1 amide bonds. The number of non-ortho nitro benzene ring substituents is 1. The molecule has 29 heavy (non-hydrogen) atoms. The van der Waals surface area contributed by atoms with Crippen molar-refractivity contribution < 1.29 is 9.72 Å². The first kappa shape index (κ1) is 23.7. The minimum Gasteiger partial charge on any atom is -0.339 e.